The fraction of sp³-hybridized carbons (Fsp3) is 0.115. The van der Waals surface area contributed by atoms with Crippen molar-refractivity contribution in [1.29, 1.82) is 0 Å². The molecule has 172 valence electrons. The van der Waals surface area contributed by atoms with Gasteiger partial charge >= 0.3 is 0 Å². The standard InChI is InChI=1S/C26H23N3O5/c1-31-21-9-4-5-10-23(21)34-25-14-12-20(28-29-25)17-7-6-8-18(15-17)26(30)27-19-11-13-22(32-2)24(16-19)33-3/h4-16H,1-3H3,(H,27,30). The van der Waals surface area contributed by atoms with Crippen molar-refractivity contribution in [2.45, 2.75) is 0 Å². The molecule has 0 atom stereocenters. The number of benzene rings is 3. The summed E-state index contributed by atoms with van der Waals surface area (Å²) in [4.78, 5) is 12.8. The number of amides is 1. The molecule has 1 heterocycles. The highest BCUT2D eigenvalue weighted by Crippen LogP contribution is 2.31. The summed E-state index contributed by atoms with van der Waals surface area (Å²) in [5.74, 6) is 2.31. The van der Waals surface area contributed by atoms with Gasteiger partial charge in [-0.15, -0.1) is 10.2 Å². The maximum Gasteiger partial charge on any atom is 0.255 e. The summed E-state index contributed by atoms with van der Waals surface area (Å²) in [5.41, 5.74) is 2.42. The number of rotatable bonds is 8. The number of methoxy groups -OCH3 is 3. The molecule has 4 aromatic rings. The Balaban J connectivity index is 1.49. The van der Waals surface area contributed by atoms with Gasteiger partial charge in [-0.1, -0.05) is 24.3 Å². The number of aromatic nitrogens is 2. The number of ether oxygens (including phenoxy) is 4. The number of nitrogens with zero attached hydrogens (tertiary/aromatic N) is 2. The average molecular weight is 457 g/mol. The van der Waals surface area contributed by atoms with E-state index in [1.54, 1.807) is 82.0 Å². The molecular formula is C26H23N3O5. The van der Waals surface area contributed by atoms with Gasteiger partial charge in [0.25, 0.3) is 5.91 Å². The van der Waals surface area contributed by atoms with Gasteiger partial charge in [0.1, 0.15) is 0 Å². The Labute approximate surface area is 197 Å². The molecule has 34 heavy (non-hydrogen) atoms. The number of hydrogen-bond acceptors (Lipinski definition) is 7. The lowest BCUT2D eigenvalue weighted by Crippen LogP contribution is -2.12. The minimum atomic E-state index is -0.266. The van der Waals surface area contributed by atoms with Crippen LogP contribution < -0.4 is 24.3 Å². The van der Waals surface area contributed by atoms with Crippen LogP contribution in [0.5, 0.6) is 28.9 Å². The first-order chi connectivity index (χ1) is 16.6. The minimum Gasteiger partial charge on any atom is -0.493 e. The minimum absolute atomic E-state index is 0.266. The Morgan fingerprint density at radius 2 is 1.44 bits per heavy atom. The summed E-state index contributed by atoms with van der Waals surface area (Å²) < 4.78 is 21.6. The maximum absolute atomic E-state index is 12.8. The van der Waals surface area contributed by atoms with Gasteiger partial charge in [-0.2, -0.15) is 0 Å². The normalized spacial score (nSPS) is 10.3. The SMILES string of the molecule is COc1ccc(NC(=O)c2cccc(-c3ccc(Oc4ccccc4OC)nn3)c2)cc1OC. The summed E-state index contributed by atoms with van der Waals surface area (Å²) in [5, 5.41) is 11.3. The number of carbonyl (C=O) groups excluding carboxylic acids is 1. The van der Waals surface area contributed by atoms with E-state index in [-0.39, 0.29) is 5.91 Å². The number of hydrogen-bond donors (Lipinski definition) is 1. The number of para-hydroxylation sites is 2. The van der Waals surface area contributed by atoms with Crippen molar-refractivity contribution in [2.24, 2.45) is 0 Å². The van der Waals surface area contributed by atoms with Crippen molar-refractivity contribution in [3.05, 3.63) is 84.4 Å². The Morgan fingerprint density at radius 3 is 2.15 bits per heavy atom. The summed E-state index contributed by atoms with van der Waals surface area (Å²) in [6.45, 7) is 0. The second-order valence-electron chi connectivity index (χ2n) is 7.11. The monoisotopic (exact) mass is 457 g/mol. The van der Waals surface area contributed by atoms with Crippen LogP contribution in [-0.4, -0.2) is 37.4 Å². The van der Waals surface area contributed by atoms with Gasteiger partial charge in [0.05, 0.1) is 27.0 Å². The summed E-state index contributed by atoms with van der Waals surface area (Å²) in [7, 11) is 4.67. The van der Waals surface area contributed by atoms with Crippen molar-refractivity contribution in [3.8, 4) is 40.1 Å². The van der Waals surface area contributed by atoms with E-state index in [4.69, 9.17) is 18.9 Å². The number of anilines is 1. The van der Waals surface area contributed by atoms with Gasteiger partial charge in [0.15, 0.2) is 23.0 Å². The molecule has 0 saturated heterocycles. The zero-order valence-corrected chi connectivity index (χ0v) is 18.9. The fourth-order valence-electron chi connectivity index (χ4n) is 3.28. The van der Waals surface area contributed by atoms with Gasteiger partial charge < -0.3 is 24.3 Å². The second kappa shape index (κ2) is 10.4. The highest BCUT2D eigenvalue weighted by molar-refractivity contribution is 6.05. The van der Waals surface area contributed by atoms with E-state index in [1.165, 1.54) is 0 Å². The third-order valence-corrected chi connectivity index (χ3v) is 4.99. The molecule has 1 aromatic heterocycles. The molecule has 0 aliphatic rings. The molecule has 8 nitrogen and oxygen atoms in total. The third-order valence-electron chi connectivity index (χ3n) is 4.99. The van der Waals surface area contributed by atoms with E-state index in [0.717, 1.165) is 5.56 Å². The lowest BCUT2D eigenvalue weighted by molar-refractivity contribution is 0.102. The third kappa shape index (κ3) is 5.07. The van der Waals surface area contributed by atoms with E-state index in [2.05, 4.69) is 15.5 Å². The Bertz CT molecular complexity index is 1290. The van der Waals surface area contributed by atoms with E-state index in [1.807, 2.05) is 18.2 Å². The Morgan fingerprint density at radius 1 is 0.706 bits per heavy atom. The lowest BCUT2D eigenvalue weighted by atomic mass is 10.1. The van der Waals surface area contributed by atoms with Crippen LogP contribution in [0.15, 0.2) is 78.9 Å². The van der Waals surface area contributed by atoms with Crippen molar-refractivity contribution in [3.63, 3.8) is 0 Å². The smallest absolute Gasteiger partial charge is 0.255 e. The zero-order valence-electron chi connectivity index (χ0n) is 18.9. The molecule has 0 spiro atoms. The first-order valence-electron chi connectivity index (χ1n) is 10.4. The molecule has 0 saturated carbocycles. The highest BCUT2D eigenvalue weighted by Gasteiger charge is 2.12. The predicted octanol–water partition coefficient (Wildman–Crippen LogP) is 5.21. The Kier molecular flexibility index (Phi) is 6.88. The van der Waals surface area contributed by atoms with Crippen molar-refractivity contribution < 1.29 is 23.7 Å². The van der Waals surface area contributed by atoms with E-state index >= 15 is 0 Å². The van der Waals surface area contributed by atoms with E-state index in [9.17, 15) is 4.79 Å². The molecule has 0 bridgehead atoms. The first-order valence-corrected chi connectivity index (χ1v) is 10.4. The molecule has 3 aromatic carbocycles. The fourth-order valence-corrected chi connectivity index (χ4v) is 3.28. The molecule has 0 unspecified atom stereocenters. The van der Waals surface area contributed by atoms with Crippen molar-refractivity contribution in [2.75, 3.05) is 26.6 Å². The molecule has 4 rings (SSSR count). The van der Waals surface area contributed by atoms with Crippen LogP contribution in [-0.2, 0) is 0 Å². The molecule has 0 aliphatic carbocycles. The second-order valence-corrected chi connectivity index (χ2v) is 7.11. The summed E-state index contributed by atoms with van der Waals surface area (Å²) in [6.07, 6.45) is 0. The van der Waals surface area contributed by atoms with Crippen LogP contribution in [0.4, 0.5) is 5.69 Å². The van der Waals surface area contributed by atoms with Gasteiger partial charge in [0, 0.05) is 28.9 Å². The largest absolute Gasteiger partial charge is 0.493 e. The zero-order chi connectivity index (χ0) is 23.9. The van der Waals surface area contributed by atoms with Crippen molar-refractivity contribution >= 4 is 11.6 Å². The molecule has 0 aliphatic heterocycles. The Hall–Kier alpha value is -4.59. The molecule has 1 amide bonds. The maximum atomic E-state index is 12.8. The van der Waals surface area contributed by atoms with Crippen LogP contribution in [0.2, 0.25) is 0 Å². The van der Waals surface area contributed by atoms with Crippen LogP contribution in [0.3, 0.4) is 0 Å². The predicted molar refractivity (Wildman–Crippen MR) is 128 cm³/mol. The van der Waals surface area contributed by atoms with Gasteiger partial charge in [0.2, 0.25) is 5.88 Å². The number of carbonyl (C=O) groups is 1. The molecule has 8 heteroatoms. The topological polar surface area (TPSA) is 91.8 Å². The molecule has 0 fully saturated rings. The van der Waals surface area contributed by atoms with Gasteiger partial charge in [-0.3, -0.25) is 4.79 Å². The summed E-state index contributed by atoms with van der Waals surface area (Å²) >= 11 is 0. The van der Waals surface area contributed by atoms with Crippen LogP contribution in [0.25, 0.3) is 11.3 Å². The lowest BCUT2D eigenvalue weighted by Gasteiger charge is -2.11. The highest BCUT2D eigenvalue weighted by atomic mass is 16.5. The van der Waals surface area contributed by atoms with Crippen LogP contribution in [0.1, 0.15) is 10.4 Å². The number of nitrogens with one attached hydrogen (secondary N) is 1. The molecule has 0 radical (unpaired) electrons. The van der Waals surface area contributed by atoms with Gasteiger partial charge in [-0.05, 0) is 42.5 Å². The first kappa shape index (κ1) is 22.6. The van der Waals surface area contributed by atoms with E-state index in [0.29, 0.717) is 45.8 Å². The van der Waals surface area contributed by atoms with Gasteiger partial charge in [-0.25, -0.2) is 0 Å². The summed E-state index contributed by atoms with van der Waals surface area (Å²) in [6, 6.07) is 23.1. The van der Waals surface area contributed by atoms with Crippen LogP contribution >= 0.6 is 0 Å². The quantitative estimate of drug-likeness (QED) is 0.388. The molecular weight excluding hydrogens is 434 g/mol. The van der Waals surface area contributed by atoms with Crippen LogP contribution in [0, 0.1) is 0 Å². The van der Waals surface area contributed by atoms with Crippen molar-refractivity contribution in [1.82, 2.24) is 10.2 Å². The van der Waals surface area contributed by atoms with E-state index < -0.39 is 0 Å². The molecule has 1 N–H and O–H groups in total. The average Bonchev–Trinajstić information content (AvgIpc) is 2.89.